The minimum Gasteiger partial charge on any atom is -0.457 e. The summed E-state index contributed by atoms with van der Waals surface area (Å²) in [6.07, 6.45) is 5.26. The van der Waals surface area contributed by atoms with Gasteiger partial charge >= 0.3 is 0 Å². The second-order valence-corrected chi connectivity index (χ2v) is 8.28. The number of rotatable bonds is 5. The van der Waals surface area contributed by atoms with Crippen LogP contribution in [0.15, 0.2) is 60.8 Å². The minimum atomic E-state index is -0.522. The number of aromatic nitrogens is 2. The average Bonchev–Trinajstić information content (AvgIpc) is 3.26. The van der Waals surface area contributed by atoms with E-state index in [2.05, 4.69) is 11.8 Å². The van der Waals surface area contributed by atoms with Crippen LogP contribution in [0.2, 0.25) is 0 Å². The van der Waals surface area contributed by atoms with Crippen LogP contribution in [0.25, 0.3) is 11.3 Å². The molecule has 0 aliphatic carbocycles. The van der Waals surface area contributed by atoms with Gasteiger partial charge in [0, 0.05) is 24.8 Å². The van der Waals surface area contributed by atoms with Crippen molar-refractivity contribution in [3.63, 3.8) is 0 Å². The van der Waals surface area contributed by atoms with Crippen molar-refractivity contribution in [2.45, 2.75) is 38.6 Å². The molecule has 0 spiro atoms. The second kappa shape index (κ2) is 10.7. The lowest BCUT2D eigenvalue weighted by molar-refractivity contribution is -0.125. The highest BCUT2D eigenvalue weighted by Gasteiger charge is 2.23. The van der Waals surface area contributed by atoms with Gasteiger partial charge < -0.3 is 15.4 Å². The molecule has 1 aliphatic rings. The van der Waals surface area contributed by atoms with Gasteiger partial charge in [0.2, 0.25) is 0 Å². The summed E-state index contributed by atoms with van der Waals surface area (Å²) in [7, 11) is 0. The van der Waals surface area contributed by atoms with Crippen LogP contribution in [0, 0.1) is 11.8 Å². The number of hydrogen-bond donors (Lipinski definition) is 1. The molecule has 0 radical (unpaired) electrons. The van der Waals surface area contributed by atoms with Crippen molar-refractivity contribution in [3.8, 4) is 34.6 Å². The molecule has 1 aromatic heterocycles. The summed E-state index contributed by atoms with van der Waals surface area (Å²) in [5, 5.41) is 4.76. The molecule has 7 heteroatoms. The summed E-state index contributed by atoms with van der Waals surface area (Å²) in [5.41, 5.74) is 7.40. The summed E-state index contributed by atoms with van der Waals surface area (Å²) in [6, 6.07) is 17.0. The first-order chi connectivity index (χ1) is 16.5. The number of nitrogens with two attached hydrogens (primary N) is 1. The Labute approximate surface area is 199 Å². The first kappa shape index (κ1) is 23.1. The Morgan fingerprint density at radius 3 is 2.44 bits per heavy atom. The summed E-state index contributed by atoms with van der Waals surface area (Å²) in [5.74, 6) is 6.09. The van der Waals surface area contributed by atoms with E-state index in [1.54, 1.807) is 18.0 Å². The number of primary amides is 1. The molecule has 7 nitrogen and oxygen atoms in total. The van der Waals surface area contributed by atoms with Crippen LogP contribution in [-0.2, 0) is 4.79 Å². The Kier molecular flexibility index (Phi) is 7.28. The average molecular weight is 457 g/mol. The first-order valence-corrected chi connectivity index (χ1v) is 11.5. The van der Waals surface area contributed by atoms with Gasteiger partial charge in [0.25, 0.3) is 11.8 Å². The zero-order valence-electron chi connectivity index (χ0n) is 19.2. The van der Waals surface area contributed by atoms with Gasteiger partial charge in [-0.25, -0.2) is 0 Å². The number of benzene rings is 2. The maximum Gasteiger partial charge on any atom is 0.298 e. The monoisotopic (exact) mass is 456 g/mol. The van der Waals surface area contributed by atoms with E-state index in [-0.39, 0.29) is 11.9 Å². The molecule has 4 rings (SSSR count). The molecule has 2 heterocycles. The van der Waals surface area contributed by atoms with Crippen molar-refractivity contribution in [2.24, 2.45) is 5.73 Å². The predicted molar refractivity (Wildman–Crippen MR) is 130 cm³/mol. The molecule has 1 fully saturated rings. The van der Waals surface area contributed by atoms with Crippen LogP contribution in [-0.4, -0.2) is 39.6 Å². The van der Waals surface area contributed by atoms with Crippen molar-refractivity contribution in [1.82, 2.24) is 14.7 Å². The Hall–Kier alpha value is -4.05. The number of para-hydroxylation sites is 1. The normalized spacial score (nSPS) is 16.0. The molecule has 0 saturated carbocycles. The first-order valence-electron chi connectivity index (χ1n) is 11.5. The van der Waals surface area contributed by atoms with Gasteiger partial charge in [-0.05, 0) is 74.9 Å². The van der Waals surface area contributed by atoms with Crippen molar-refractivity contribution >= 4 is 11.8 Å². The summed E-state index contributed by atoms with van der Waals surface area (Å²) in [4.78, 5) is 26.3. The Morgan fingerprint density at radius 2 is 1.74 bits per heavy atom. The number of likely N-dealkylation sites (tertiary alicyclic amines) is 1. The highest BCUT2D eigenvalue weighted by atomic mass is 16.5. The van der Waals surface area contributed by atoms with Crippen LogP contribution in [0.1, 0.15) is 49.0 Å². The molecular weight excluding hydrogens is 428 g/mol. The molecule has 2 aromatic carbocycles. The van der Waals surface area contributed by atoms with Gasteiger partial charge in [0.15, 0.2) is 0 Å². The van der Waals surface area contributed by atoms with E-state index < -0.39 is 5.91 Å². The van der Waals surface area contributed by atoms with E-state index in [0.717, 1.165) is 37.0 Å². The molecule has 2 N–H and O–H groups in total. The van der Waals surface area contributed by atoms with Gasteiger partial charge in [-0.2, -0.15) is 5.10 Å². The van der Waals surface area contributed by atoms with Crippen molar-refractivity contribution in [2.75, 3.05) is 13.1 Å². The van der Waals surface area contributed by atoms with Gasteiger partial charge in [-0.1, -0.05) is 24.1 Å². The maximum atomic E-state index is 12.2. The molecule has 34 heavy (non-hydrogen) atoms. The molecule has 3 aromatic rings. The zero-order chi connectivity index (χ0) is 23.9. The molecule has 1 saturated heterocycles. The number of hydrogen-bond acceptors (Lipinski definition) is 4. The van der Waals surface area contributed by atoms with Gasteiger partial charge in [-0.3, -0.25) is 14.3 Å². The predicted octanol–water partition coefficient (Wildman–Crippen LogP) is 4.41. The van der Waals surface area contributed by atoms with Gasteiger partial charge in [-0.15, -0.1) is 0 Å². The second-order valence-electron chi connectivity index (χ2n) is 8.28. The van der Waals surface area contributed by atoms with E-state index >= 15 is 0 Å². The fourth-order valence-electron chi connectivity index (χ4n) is 4.17. The molecule has 174 valence electrons. The third kappa shape index (κ3) is 5.46. The fourth-order valence-corrected chi connectivity index (χ4v) is 4.17. The third-order valence-corrected chi connectivity index (χ3v) is 5.94. The number of carbonyl (C=O) groups is 2. The van der Waals surface area contributed by atoms with Crippen molar-refractivity contribution in [3.05, 3.63) is 66.4 Å². The van der Waals surface area contributed by atoms with Crippen LogP contribution in [0.3, 0.4) is 0 Å². The highest BCUT2D eigenvalue weighted by molar-refractivity contribution is 5.98. The number of ether oxygens (including phenoxy) is 1. The van der Waals surface area contributed by atoms with Crippen molar-refractivity contribution in [1.29, 1.82) is 0 Å². The SMILES string of the molecule is CC#CC(=O)N1CCCC[C@H](n2cc(C(N)=O)c(-c3ccc(Oc4ccccc4)cc3)n2)CC1. The van der Waals surface area contributed by atoms with Crippen molar-refractivity contribution < 1.29 is 14.3 Å². The summed E-state index contributed by atoms with van der Waals surface area (Å²) >= 11 is 0. The highest BCUT2D eigenvalue weighted by Crippen LogP contribution is 2.30. The molecule has 2 amide bonds. The van der Waals surface area contributed by atoms with E-state index in [4.69, 9.17) is 15.6 Å². The standard InChI is InChI=1S/C27H28N4O3/c1-2-8-25(32)30-17-7-6-9-21(16-18-30)31-19-24(27(28)33)26(29-31)20-12-14-23(15-13-20)34-22-10-4-3-5-11-22/h3-5,10-15,19,21H,6-7,9,16-18H2,1H3,(H2,28,33)/t21-/m0/s1. The smallest absolute Gasteiger partial charge is 0.298 e. The quantitative estimate of drug-likeness (QED) is 0.576. The lowest BCUT2D eigenvalue weighted by Crippen LogP contribution is -2.34. The largest absolute Gasteiger partial charge is 0.457 e. The van der Waals surface area contributed by atoms with E-state index in [1.807, 2.05) is 59.3 Å². The Balaban J connectivity index is 1.55. The number of nitrogens with zero attached hydrogens (tertiary/aromatic N) is 3. The van der Waals surface area contributed by atoms with E-state index in [0.29, 0.717) is 30.1 Å². The molecule has 1 atom stereocenters. The van der Waals surface area contributed by atoms with Crippen LogP contribution < -0.4 is 10.5 Å². The van der Waals surface area contributed by atoms with Crippen LogP contribution in [0.5, 0.6) is 11.5 Å². The van der Waals surface area contributed by atoms with E-state index in [9.17, 15) is 9.59 Å². The molecule has 0 unspecified atom stereocenters. The van der Waals surface area contributed by atoms with Crippen LogP contribution >= 0.6 is 0 Å². The van der Waals surface area contributed by atoms with E-state index in [1.165, 1.54) is 0 Å². The molecule has 0 bridgehead atoms. The number of amides is 2. The zero-order valence-corrected chi connectivity index (χ0v) is 19.2. The summed E-state index contributed by atoms with van der Waals surface area (Å²) < 4.78 is 7.70. The van der Waals surface area contributed by atoms with Gasteiger partial charge in [0.05, 0.1) is 11.6 Å². The molecular formula is C27H28N4O3. The number of carbonyl (C=O) groups excluding carboxylic acids is 2. The maximum absolute atomic E-state index is 12.2. The topological polar surface area (TPSA) is 90.5 Å². The molecule has 1 aliphatic heterocycles. The lowest BCUT2D eigenvalue weighted by atomic mass is 10.0. The summed E-state index contributed by atoms with van der Waals surface area (Å²) in [6.45, 7) is 2.99. The van der Waals surface area contributed by atoms with Crippen LogP contribution in [0.4, 0.5) is 0 Å². The fraction of sp³-hybridized carbons (Fsp3) is 0.296. The minimum absolute atomic E-state index is 0.0673. The van der Waals surface area contributed by atoms with Gasteiger partial charge in [0.1, 0.15) is 17.2 Å². The lowest BCUT2D eigenvalue weighted by Gasteiger charge is -2.27. The third-order valence-electron chi connectivity index (χ3n) is 5.94. The Morgan fingerprint density at radius 1 is 1.00 bits per heavy atom. The Bertz CT molecular complexity index is 1210.